The van der Waals surface area contributed by atoms with Crippen LogP contribution in [-0.4, -0.2) is 33.8 Å². The lowest BCUT2D eigenvalue weighted by atomic mass is 10.1. The lowest BCUT2D eigenvalue weighted by Crippen LogP contribution is -2.42. The monoisotopic (exact) mass is 395 g/mol. The standard InChI is InChI=1S/C23H29N3O3/c1-16(22(27)24-18-9-5-2-3-6-10-18)29-23(28)21-15-20(17-13-14-17)25-26(21)19-11-7-4-8-12-19/h4,7-8,11-12,15-18H,2-3,5-6,9-10,13-14H2,1H3,(H,24,27)/t16-/m1/s1. The van der Waals surface area contributed by atoms with Crippen molar-refractivity contribution < 1.29 is 14.3 Å². The molecular formula is C23H29N3O3. The van der Waals surface area contributed by atoms with E-state index >= 15 is 0 Å². The summed E-state index contributed by atoms with van der Waals surface area (Å²) in [6.07, 6.45) is 8.08. The molecule has 0 radical (unpaired) electrons. The average Bonchev–Trinajstić information content (AvgIpc) is 3.53. The van der Waals surface area contributed by atoms with E-state index in [9.17, 15) is 9.59 Å². The van der Waals surface area contributed by atoms with Crippen molar-refractivity contribution in [1.29, 1.82) is 0 Å². The predicted molar refractivity (Wildman–Crippen MR) is 110 cm³/mol. The third kappa shape index (κ3) is 4.86. The first-order valence-electron chi connectivity index (χ1n) is 10.8. The molecule has 0 spiro atoms. The number of hydrogen-bond acceptors (Lipinski definition) is 4. The number of esters is 1. The van der Waals surface area contributed by atoms with E-state index < -0.39 is 12.1 Å². The molecular weight excluding hydrogens is 366 g/mol. The van der Waals surface area contributed by atoms with Crippen molar-refractivity contribution in [3.05, 3.63) is 47.8 Å². The van der Waals surface area contributed by atoms with Crippen molar-refractivity contribution in [2.45, 2.75) is 76.4 Å². The van der Waals surface area contributed by atoms with Crippen LogP contribution in [0.25, 0.3) is 5.69 Å². The third-order valence-electron chi connectivity index (χ3n) is 5.79. The second-order valence-corrected chi connectivity index (χ2v) is 8.22. The van der Waals surface area contributed by atoms with Gasteiger partial charge in [0.15, 0.2) is 11.8 Å². The first-order valence-corrected chi connectivity index (χ1v) is 10.8. The van der Waals surface area contributed by atoms with E-state index in [2.05, 4.69) is 10.4 Å². The van der Waals surface area contributed by atoms with Crippen LogP contribution >= 0.6 is 0 Å². The van der Waals surface area contributed by atoms with Crippen LogP contribution in [-0.2, 0) is 9.53 Å². The zero-order valence-electron chi connectivity index (χ0n) is 17.0. The number of nitrogens with zero attached hydrogens (tertiary/aromatic N) is 2. The number of nitrogens with one attached hydrogen (secondary N) is 1. The van der Waals surface area contributed by atoms with Gasteiger partial charge in [0.2, 0.25) is 0 Å². The average molecular weight is 396 g/mol. The van der Waals surface area contributed by atoms with Gasteiger partial charge in [0, 0.05) is 12.0 Å². The smallest absolute Gasteiger partial charge is 0.357 e. The van der Waals surface area contributed by atoms with Gasteiger partial charge in [0.1, 0.15) is 0 Å². The van der Waals surface area contributed by atoms with Crippen LogP contribution in [0.4, 0.5) is 0 Å². The summed E-state index contributed by atoms with van der Waals surface area (Å²) >= 11 is 0. The number of carbonyl (C=O) groups excluding carboxylic acids is 2. The quantitative estimate of drug-likeness (QED) is 0.589. The Morgan fingerprint density at radius 3 is 2.41 bits per heavy atom. The van der Waals surface area contributed by atoms with Gasteiger partial charge in [-0.3, -0.25) is 4.79 Å². The number of para-hydroxylation sites is 1. The first kappa shape index (κ1) is 19.7. The second-order valence-electron chi connectivity index (χ2n) is 8.22. The zero-order valence-corrected chi connectivity index (χ0v) is 17.0. The molecule has 2 aromatic rings. The highest BCUT2D eigenvalue weighted by Crippen LogP contribution is 2.39. The van der Waals surface area contributed by atoms with Crippen molar-refractivity contribution >= 4 is 11.9 Å². The highest BCUT2D eigenvalue weighted by atomic mass is 16.5. The van der Waals surface area contributed by atoms with E-state index in [1.807, 2.05) is 36.4 Å². The van der Waals surface area contributed by atoms with Crippen LogP contribution in [0.3, 0.4) is 0 Å². The molecule has 154 valence electrons. The molecule has 1 amide bonds. The molecule has 2 saturated carbocycles. The van der Waals surface area contributed by atoms with Gasteiger partial charge in [-0.25, -0.2) is 9.48 Å². The van der Waals surface area contributed by atoms with Crippen LogP contribution in [0.5, 0.6) is 0 Å². The van der Waals surface area contributed by atoms with Gasteiger partial charge >= 0.3 is 5.97 Å². The Morgan fingerprint density at radius 1 is 1.07 bits per heavy atom. The Labute approximate surface area is 171 Å². The normalized spacial score (nSPS) is 18.7. The summed E-state index contributed by atoms with van der Waals surface area (Å²) in [7, 11) is 0. The third-order valence-corrected chi connectivity index (χ3v) is 5.79. The molecule has 1 aromatic carbocycles. The Kier molecular flexibility index (Phi) is 5.97. The zero-order chi connectivity index (χ0) is 20.2. The van der Waals surface area contributed by atoms with Gasteiger partial charge in [-0.1, -0.05) is 43.9 Å². The molecule has 2 aliphatic rings. The van der Waals surface area contributed by atoms with Gasteiger partial charge < -0.3 is 10.1 Å². The minimum Gasteiger partial charge on any atom is -0.448 e. The van der Waals surface area contributed by atoms with Crippen molar-refractivity contribution in [3.63, 3.8) is 0 Å². The number of amides is 1. The molecule has 0 aliphatic heterocycles. The van der Waals surface area contributed by atoms with E-state index in [4.69, 9.17) is 4.74 Å². The summed E-state index contributed by atoms with van der Waals surface area (Å²) in [5.41, 5.74) is 2.09. The van der Waals surface area contributed by atoms with Crippen molar-refractivity contribution in [2.24, 2.45) is 0 Å². The molecule has 2 fully saturated rings. The van der Waals surface area contributed by atoms with Gasteiger partial charge in [-0.05, 0) is 50.8 Å². The maximum atomic E-state index is 12.9. The fraction of sp³-hybridized carbons (Fsp3) is 0.522. The van der Waals surface area contributed by atoms with Gasteiger partial charge in [0.05, 0.1) is 11.4 Å². The number of rotatable bonds is 6. The maximum Gasteiger partial charge on any atom is 0.357 e. The topological polar surface area (TPSA) is 73.2 Å². The number of benzene rings is 1. The van der Waals surface area contributed by atoms with Gasteiger partial charge in [0.25, 0.3) is 5.91 Å². The van der Waals surface area contributed by atoms with Crippen molar-refractivity contribution in [2.75, 3.05) is 0 Å². The Hall–Kier alpha value is -2.63. The number of aromatic nitrogens is 2. The van der Waals surface area contributed by atoms with E-state index in [-0.39, 0.29) is 11.9 Å². The Bertz CT molecular complexity index is 850. The largest absolute Gasteiger partial charge is 0.448 e. The molecule has 0 bridgehead atoms. The van der Waals surface area contributed by atoms with Gasteiger partial charge in [-0.15, -0.1) is 0 Å². The van der Waals surface area contributed by atoms with Crippen LogP contribution in [0.15, 0.2) is 36.4 Å². The summed E-state index contributed by atoms with van der Waals surface area (Å²) in [6.45, 7) is 1.63. The fourth-order valence-corrected chi connectivity index (χ4v) is 3.91. The van der Waals surface area contributed by atoms with Crippen molar-refractivity contribution in [1.82, 2.24) is 15.1 Å². The highest BCUT2D eigenvalue weighted by Gasteiger charge is 2.30. The summed E-state index contributed by atoms with van der Waals surface area (Å²) < 4.78 is 7.17. The summed E-state index contributed by atoms with van der Waals surface area (Å²) in [4.78, 5) is 25.5. The molecule has 1 N–H and O–H groups in total. The minimum absolute atomic E-state index is 0.183. The Balaban J connectivity index is 1.45. The lowest BCUT2D eigenvalue weighted by molar-refractivity contribution is -0.129. The van der Waals surface area contributed by atoms with E-state index in [1.54, 1.807) is 11.6 Å². The molecule has 6 heteroatoms. The molecule has 1 atom stereocenters. The molecule has 1 aromatic heterocycles. The minimum atomic E-state index is -0.839. The lowest BCUT2D eigenvalue weighted by Gasteiger charge is -2.19. The van der Waals surface area contributed by atoms with E-state index in [1.165, 1.54) is 12.8 Å². The van der Waals surface area contributed by atoms with Crippen molar-refractivity contribution in [3.8, 4) is 5.69 Å². The SMILES string of the molecule is C[C@@H](OC(=O)c1cc(C2CC2)nn1-c1ccccc1)C(=O)NC1CCCCCC1. The highest BCUT2D eigenvalue weighted by molar-refractivity contribution is 5.91. The van der Waals surface area contributed by atoms with Crippen LogP contribution in [0.2, 0.25) is 0 Å². The summed E-state index contributed by atoms with van der Waals surface area (Å²) in [5.74, 6) is -0.322. The molecule has 1 heterocycles. The van der Waals surface area contributed by atoms with Crippen LogP contribution in [0, 0.1) is 0 Å². The van der Waals surface area contributed by atoms with Crippen LogP contribution < -0.4 is 5.32 Å². The molecule has 29 heavy (non-hydrogen) atoms. The number of ether oxygens (including phenoxy) is 1. The molecule has 6 nitrogen and oxygen atoms in total. The first-order chi connectivity index (χ1) is 14.1. The summed E-state index contributed by atoms with van der Waals surface area (Å²) in [5, 5.41) is 7.69. The maximum absolute atomic E-state index is 12.9. The van der Waals surface area contributed by atoms with E-state index in [0.717, 1.165) is 49.9 Å². The number of hydrogen-bond donors (Lipinski definition) is 1. The molecule has 0 saturated heterocycles. The second kappa shape index (κ2) is 8.80. The molecule has 2 aliphatic carbocycles. The molecule has 0 unspecified atom stereocenters. The van der Waals surface area contributed by atoms with E-state index in [0.29, 0.717) is 11.6 Å². The predicted octanol–water partition coefficient (Wildman–Crippen LogP) is 4.13. The van der Waals surface area contributed by atoms with Gasteiger partial charge in [-0.2, -0.15) is 5.10 Å². The molecule has 4 rings (SSSR count). The number of carbonyl (C=O) groups is 2. The van der Waals surface area contributed by atoms with Crippen LogP contribution in [0.1, 0.15) is 80.4 Å². The Morgan fingerprint density at radius 2 is 1.76 bits per heavy atom. The summed E-state index contributed by atoms with van der Waals surface area (Å²) in [6, 6.07) is 11.5. The fourth-order valence-electron chi connectivity index (χ4n) is 3.91.